The molecule has 6 saturated heterocycles. The quantitative estimate of drug-likeness (QED) is 0.0643. The average Bonchev–Trinajstić information content (AvgIpc) is 3.33. The first-order chi connectivity index (χ1) is 32.3. The molecule has 68 heavy (non-hydrogen) atoms. The van der Waals surface area contributed by atoms with Crippen molar-refractivity contribution >= 4 is 0 Å². The number of hydrogen-bond donors (Lipinski definition) is 18. The molecule has 12 unspecified atom stereocenters. The van der Waals surface area contributed by atoms with E-state index in [1.54, 1.807) is 0 Å². The summed E-state index contributed by atoms with van der Waals surface area (Å²) < 4.78 is 66.6. The summed E-state index contributed by atoms with van der Waals surface area (Å²) >= 11 is 0. The lowest BCUT2D eigenvalue weighted by atomic mass is 9.91. The zero-order valence-corrected chi connectivity index (χ0v) is 36.5. The van der Waals surface area contributed by atoms with Crippen LogP contribution in [0.15, 0.2) is 0 Å². The van der Waals surface area contributed by atoms with Gasteiger partial charge >= 0.3 is 0 Å². The largest absolute Gasteiger partial charge is 0.394 e. The highest BCUT2D eigenvalue weighted by atomic mass is 16.8. The Morgan fingerprint density at radius 1 is 0.279 bits per heavy atom. The van der Waals surface area contributed by atoms with Crippen molar-refractivity contribution in [2.75, 3.05) is 46.8 Å². The zero-order valence-electron chi connectivity index (χ0n) is 36.5. The lowest BCUT2D eigenvalue weighted by Crippen LogP contribution is -2.68. The first-order valence-electron chi connectivity index (χ1n) is 21.9. The van der Waals surface area contributed by atoms with Gasteiger partial charge in [0.2, 0.25) is 0 Å². The Morgan fingerprint density at radius 3 is 0.691 bits per heavy atom. The summed E-state index contributed by atoms with van der Waals surface area (Å²) in [7, 11) is 1.17. The minimum absolute atomic E-state index is 0.577. The molecular formula is C38H66O30. The molecule has 0 aromatic carbocycles. The summed E-state index contributed by atoms with van der Waals surface area (Å²) in [5.41, 5.74) is 0. The third-order valence-electron chi connectivity index (χ3n) is 13.0. The van der Waals surface area contributed by atoms with Crippen molar-refractivity contribution < 1.29 is 149 Å². The minimum Gasteiger partial charge on any atom is -0.394 e. The smallest absolute Gasteiger partial charge is 0.187 e. The fourth-order valence-electron chi connectivity index (χ4n) is 8.91. The van der Waals surface area contributed by atoms with E-state index in [-0.39, 0.29) is 0 Å². The molecule has 18 N–H and O–H groups in total. The van der Waals surface area contributed by atoms with E-state index in [4.69, 9.17) is 56.8 Å². The van der Waals surface area contributed by atoms with Crippen LogP contribution in [0.5, 0.6) is 0 Å². The summed E-state index contributed by atoms with van der Waals surface area (Å²) in [6, 6.07) is 0. The van der Waals surface area contributed by atoms with Crippen molar-refractivity contribution in [3.05, 3.63) is 0 Å². The number of rotatable bonds is 17. The second-order valence-corrected chi connectivity index (χ2v) is 17.3. The van der Waals surface area contributed by atoms with Crippen molar-refractivity contribution in [2.45, 2.75) is 185 Å². The van der Waals surface area contributed by atoms with Crippen molar-refractivity contribution in [1.29, 1.82) is 0 Å². The van der Waals surface area contributed by atoms with E-state index in [2.05, 4.69) is 0 Å². The lowest BCUT2D eigenvalue weighted by molar-refractivity contribution is -0.395. The Labute approximate surface area is 386 Å². The molecule has 0 bridgehead atoms. The van der Waals surface area contributed by atoms with Gasteiger partial charge in [0.05, 0.1) is 51.8 Å². The predicted octanol–water partition coefficient (Wildman–Crippen LogP) is -12.2. The number of aliphatic hydroxyl groups excluding tert-OH is 18. The van der Waals surface area contributed by atoms with E-state index in [1.165, 1.54) is 14.0 Å². The Bertz CT molecular complexity index is 1510. The molecule has 0 saturated carbocycles. The molecule has 0 spiro atoms. The molecule has 398 valence electrons. The molecule has 0 aromatic rings. The van der Waals surface area contributed by atoms with E-state index in [1.807, 2.05) is 0 Å². The molecular weight excluding hydrogens is 936 g/mol. The molecule has 6 fully saturated rings. The molecule has 30 nitrogen and oxygen atoms in total. The fourth-order valence-corrected chi connectivity index (χ4v) is 8.91. The first-order valence-corrected chi connectivity index (χ1v) is 21.9. The summed E-state index contributed by atoms with van der Waals surface area (Å²) in [6.45, 7) is -3.70. The number of ether oxygens (including phenoxy) is 12. The normalized spacial score (nSPS) is 52.8. The van der Waals surface area contributed by atoms with E-state index in [0.717, 1.165) is 0 Å². The van der Waals surface area contributed by atoms with Gasteiger partial charge in [-0.2, -0.15) is 0 Å². The number of hydrogen-bond acceptors (Lipinski definition) is 30. The van der Waals surface area contributed by atoms with Gasteiger partial charge in [-0.1, -0.05) is 6.92 Å². The second-order valence-electron chi connectivity index (χ2n) is 17.3. The average molecular weight is 1000 g/mol. The summed E-state index contributed by atoms with van der Waals surface area (Å²) in [5, 5.41) is 191. The maximum atomic E-state index is 11.2. The van der Waals surface area contributed by atoms with Crippen LogP contribution in [0.2, 0.25) is 0 Å². The van der Waals surface area contributed by atoms with Gasteiger partial charge in [0, 0.05) is 13.0 Å². The molecule has 6 rings (SSSR count). The molecule has 0 aliphatic carbocycles. The maximum Gasteiger partial charge on any atom is 0.187 e. The van der Waals surface area contributed by atoms with Crippen LogP contribution in [0.25, 0.3) is 0 Å². The number of methoxy groups -OCH3 is 1. The zero-order chi connectivity index (χ0) is 50.0. The van der Waals surface area contributed by atoms with Gasteiger partial charge in [-0.15, -0.1) is 0 Å². The molecule has 6 aliphatic rings. The van der Waals surface area contributed by atoms with Crippen LogP contribution in [0.4, 0.5) is 0 Å². The topological polar surface area (TPSA) is 475 Å². The molecule has 30 heteroatoms. The van der Waals surface area contributed by atoms with Crippen molar-refractivity contribution in [3.8, 4) is 0 Å². The van der Waals surface area contributed by atoms with Crippen LogP contribution < -0.4 is 0 Å². The van der Waals surface area contributed by atoms with Crippen molar-refractivity contribution in [3.63, 3.8) is 0 Å². The Balaban J connectivity index is 1.07. The monoisotopic (exact) mass is 1000 g/mol. The predicted molar refractivity (Wildman–Crippen MR) is 207 cm³/mol. The summed E-state index contributed by atoms with van der Waals surface area (Å²) in [4.78, 5) is 0. The van der Waals surface area contributed by atoms with Gasteiger partial charge < -0.3 is 149 Å². The van der Waals surface area contributed by atoms with Crippen LogP contribution in [0.3, 0.4) is 0 Å². The molecule has 6 heterocycles. The lowest BCUT2D eigenvalue weighted by Gasteiger charge is -2.50. The highest BCUT2D eigenvalue weighted by Gasteiger charge is 2.57. The van der Waals surface area contributed by atoms with Crippen LogP contribution >= 0.6 is 0 Å². The molecule has 6 aliphatic heterocycles. The minimum atomic E-state index is -2.15. The summed E-state index contributed by atoms with van der Waals surface area (Å²) in [5.74, 6) is -0.735. The fraction of sp³-hybridized carbons (Fsp3) is 1.00. The van der Waals surface area contributed by atoms with Crippen LogP contribution in [-0.2, 0) is 56.8 Å². The van der Waals surface area contributed by atoms with Crippen LogP contribution in [0, 0.1) is 5.92 Å². The van der Waals surface area contributed by atoms with Gasteiger partial charge in [-0.25, -0.2) is 0 Å². The standard InChI is InChI=1S/C38H66O30/c1-9-10(3-39)58-34(22(51)16(9)45)64-29-12(5-41)60-36(24(53)18(29)47)66-31-14(7-43)62-38(26(55)20(31)49)68-32-15(8-44)63-37(27(56)21(32)50)67-30-13(6-42)61-35(25(54)19(30)48)65-28-11(4-40)59-33(57-2)23(52)17(28)46/h9-56H,3-8H2,1-2H3/t9-,10?,11?,12?,13?,14?,15?,16+,17-,18-,19-,20-,21-,22?,23?,24?,25?,26?,27?,28-,29-,30-,31-,32-,33-,34+,35+,36+,37+,38+/m1/s1. The van der Waals surface area contributed by atoms with Crippen molar-refractivity contribution in [1.82, 2.24) is 0 Å². The molecule has 0 radical (unpaired) electrons. The van der Waals surface area contributed by atoms with Gasteiger partial charge in [0.25, 0.3) is 0 Å². The molecule has 0 amide bonds. The molecule has 30 atom stereocenters. The third-order valence-corrected chi connectivity index (χ3v) is 13.0. The second kappa shape index (κ2) is 24.2. The van der Waals surface area contributed by atoms with Crippen molar-refractivity contribution in [2.24, 2.45) is 5.92 Å². The molecule has 0 aromatic heterocycles. The maximum absolute atomic E-state index is 11.2. The van der Waals surface area contributed by atoms with Crippen LogP contribution in [0.1, 0.15) is 6.92 Å². The van der Waals surface area contributed by atoms with E-state index < -0.39 is 224 Å². The SMILES string of the molecule is CO[C@@H]1OC(CO)[C@@H](O[C@@H]2OC(CO)[C@@H](O[C@@H]3OC(CO)[C@@H](O[C@@H]4OC(CO)[C@@H](O[C@@H]5OC(CO)[C@@H](O[C@@H]6OC(CO)[C@@H](C)[C@H](O)C6O)[C@H](O)C5O)[C@H](O)C4O)[C@H](O)C3O)[C@H](O)C2O)[C@H](O)C1O. The van der Waals surface area contributed by atoms with Gasteiger partial charge in [-0.3, -0.25) is 0 Å². The summed E-state index contributed by atoms with van der Waals surface area (Å²) in [6.07, 6.45) is -51.5. The van der Waals surface area contributed by atoms with Gasteiger partial charge in [-0.05, 0) is 0 Å². The first kappa shape index (κ1) is 56.1. The highest BCUT2D eigenvalue weighted by molar-refractivity contribution is 5.00. The van der Waals surface area contributed by atoms with Gasteiger partial charge in [0.15, 0.2) is 37.7 Å². The van der Waals surface area contributed by atoms with E-state index in [0.29, 0.717) is 0 Å². The Hall–Kier alpha value is -1.20. The van der Waals surface area contributed by atoms with E-state index >= 15 is 0 Å². The Morgan fingerprint density at radius 2 is 0.471 bits per heavy atom. The number of aliphatic hydroxyl groups is 18. The van der Waals surface area contributed by atoms with Crippen LogP contribution in [-0.4, -0.2) is 317 Å². The highest BCUT2D eigenvalue weighted by Crippen LogP contribution is 2.37. The van der Waals surface area contributed by atoms with E-state index in [9.17, 15) is 91.9 Å². The Kier molecular flexibility index (Phi) is 20.0. The van der Waals surface area contributed by atoms with Gasteiger partial charge in [0.1, 0.15) is 128 Å². The third kappa shape index (κ3) is 11.3.